The first kappa shape index (κ1) is 18.7. The van der Waals surface area contributed by atoms with Crippen LogP contribution in [0.5, 0.6) is 0 Å². The normalized spacial score (nSPS) is 19.9. The summed E-state index contributed by atoms with van der Waals surface area (Å²) in [6.07, 6.45) is 1.74. The summed E-state index contributed by atoms with van der Waals surface area (Å²) >= 11 is 0. The molecule has 128 valence electrons. The van der Waals surface area contributed by atoms with Crippen molar-refractivity contribution in [2.75, 3.05) is 33.7 Å². The van der Waals surface area contributed by atoms with Gasteiger partial charge in [-0.15, -0.1) is 0 Å². The lowest BCUT2D eigenvalue weighted by Gasteiger charge is -2.24. The fourth-order valence-corrected chi connectivity index (χ4v) is 2.54. The average molecular weight is 313 g/mol. The van der Waals surface area contributed by atoms with Crippen LogP contribution in [0.25, 0.3) is 0 Å². The number of hydrogen-bond donors (Lipinski definition) is 1. The summed E-state index contributed by atoms with van der Waals surface area (Å²) in [6, 6.07) is -0.168. The van der Waals surface area contributed by atoms with Crippen molar-refractivity contribution < 1.29 is 14.3 Å². The molecule has 0 aliphatic carbocycles. The Kier molecular flexibility index (Phi) is 6.66. The minimum Gasteiger partial charge on any atom is -0.444 e. The maximum Gasteiger partial charge on any atom is 0.410 e. The Morgan fingerprint density at radius 1 is 1.36 bits per heavy atom. The van der Waals surface area contributed by atoms with Crippen molar-refractivity contribution in [2.45, 2.75) is 52.2 Å². The van der Waals surface area contributed by atoms with Crippen LogP contribution in [-0.4, -0.2) is 67.2 Å². The van der Waals surface area contributed by atoms with Crippen LogP contribution in [0, 0.1) is 5.92 Å². The zero-order valence-electron chi connectivity index (χ0n) is 14.8. The van der Waals surface area contributed by atoms with Gasteiger partial charge in [0.1, 0.15) is 5.60 Å². The largest absolute Gasteiger partial charge is 0.444 e. The Morgan fingerprint density at radius 2 is 2.00 bits per heavy atom. The first-order valence-electron chi connectivity index (χ1n) is 8.02. The van der Waals surface area contributed by atoms with E-state index in [1.54, 1.807) is 23.9 Å². The molecule has 1 aliphatic rings. The second-order valence-electron chi connectivity index (χ2n) is 7.28. The van der Waals surface area contributed by atoms with Gasteiger partial charge < -0.3 is 19.9 Å². The molecule has 1 fully saturated rings. The fourth-order valence-electron chi connectivity index (χ4n) is 2.54. The van der Waals surface area contributed by atoms with Crippen molar-refractivity contribution in [1.82, 2.24) is 15.1 Å². The van der Waals surface area contributed by atoms with Crippen molar-refractivity contribution >= 4 is 12.0 Å². The Balaban J connectivity index is 2.27. The van der Waals surface area contributed by atoms with E-state index in [-0.39, 0.29) is 18.0 Å². The smallest absolute Gasteiger partial charge is 0.410 e. The lowest BCUT2D eigenvalue weighted by Crippen LogP contribution is -2.42. The van der Waals surface area contributed by atoms with Gasteiger partial charge in [-0.2, -0.15) is 0 Å². The molecule has 1 saturated heterocycles. The van der Waals surface area contributed by atoms with E-state index in [2.05, 4.69) is 5.32 Å². The van der Waals surface area contributed by atoms with E-state index in [9.17, 15) is 9.59 Å². The number of nitrogens with zero attached hydrogens (tertiary/aromatic N) is 2. The third-order valence-electron chi connectivity index (χ3n) is 3.75. The summed E-state index contributed by atoms with van der Waals surface area (Å²) in [6.45, 7) is 9.80. The Bertz CT molecular complexity index is 391. The first-order valence-corrected chi connectivity index (χ1v) is 8.02. The van der Waals surface area contributed by atoms with Gasteiger partial charge in [0.15, 0.2) is 0 Å². The Labute approximate surface area is 134 Å². The van der Waals surface area contributed by atoms with Crippen molar-refractivity contribution in [3.63, 3.8) is 0 Å². The number of rotatable bonds is 5. The van der Waals surface area contributed by atoms with Gasteiger partial charge in [-0.25, -0.2) is 4.79 Å². The molecule has 0 saturated carbocycles. The molecule has 1 heterocycles. The van der Waals surface area contributed by atoms with Crippen molar-refractivity contribution in [2.24, 2.45) is 5.92 Å². The first-order chi connectivity index (χ1) is 10.1. The number of carbonyl (C=O) groups excluding carboxylic acids is 2. The fraction of sp³-hybridized carbons (Fsp3) is 0.875. The number of amides is 2. The number of ether oxygens (including phenoxy) is 1. The Morgan fingerprint density at radius 3 is 2.55 bits per heavy atom. The van der Waals surface area contributed by atoms with Crippen LogP contribution in [-0.2, 0) is 9.53 Å². The van der Waals surface area contributed by atoms with E-state index in [0.29, 0.717) is 5.92 Å². The predicted molar refractivity (Wildman–Crippen MR) is 86.7 cm³/mol. The van der Waals surface area contributed by atoms with E-state index in [4.69, 9.17) is 4.74 Å². The van der Waals surface area contributed by atoms with Gasteiger partial charge in [0.25, 0.3) is 0 Å². The molecule has 1 N–H and O–H groups in total. The van der Waals surface area contributed by atoms with Crippen molar-refractivity contribution in [3.8, 4) is 0 Å². The van der Waals surface area contributed by atoms with E-state index in [0.717, 1.165) is 32.5 Å². The summed E-state index contributed by atoms with van der Waals surface area (Å²) in [5, 5.41) is 3.25. The van der Waals surface area contributed by atoms with Gasteiger partial charge in [0.2, 0.25) is 5.91 Å². The van der Waals surface area contributed by atoms with Crippen LogP contribution in [0.3, 0.4) is 0 Å². The SMILES string of the molecule is C[C@H](NCCC1CCN(C(=O)OC(C)(C)C)C1)C(=O)N(C)C. The highest BCUT2D eigenvalue weighted by atomic mass is 16.6. The number of likely N-dealkylation sites (N-methyl/N-ethyl adjacent to an activating group) is 1. The number of hydrogen-bond acceptors (Lipinski definition) is 4. The van der Waals surface area contributed by atoms with Crippen LogP contribution < -0.4 is 5.32 Å². The lowest BCUT2D eigenvalue weighted by molar-refractivity contribution is -0.130. The molecule has 0 aromatic carbocycles. The van der Waals surface area contributed by atoms with Gasteiger partial charge >= 0.3 is 6.09 Å². The standard InChI is InChI=1S/C16H31N3O3/c1-12(14(20)18(5)6)17-9-7-13-8-10-19(11-13)15(21)22-16(2,3)4/h12-13,17H,7-11H2,1-6H3/t12-,13?/m0/s1. The van der Waals surface area contributed by atoms with Crippen LogP contribution in [0.1, 0.15) is 40.5 Å². The van der Waals surface area contributed by atoms with Gasteiger partial charge in [0.05, 0.1) is 6.04 Å². The zero-order valence-corrected chi connectivity index (χ0v) is 14.8. The summed E-state index contributed by atoms with van der Waals surface area (Å²) in [5.74, 6) is 0.559. The van der Waals surface area contributed by atoms with Crippen LogP contribution in [0.2, 0.25) is 0 Å². The topological polar surface area (TPSA) is 61.9 Å². The van der Waals surface area contributed by atoms with Crippen molar-refractivity contribution in [3.05, 3.63) is 0 Å². The molecule has 0 aromatic rings. The molecule has 1 unspecified atom stereocenters. The number of likely N-dealkylation sites (tertiary alicyclic amines) is 1. The highest BCUT2D eigenvalue weighted by Crippen LogP contribution is 2.21. The lowest BCUT2D eigenvalue weighted by atomic mass is 10.1. The zero-order chi connectivity index (χ0) is 16.9. The quantitative estimate of drug-likeness (QED) is 0.839. The summed E-state index contributed by atoms with van der Waals surface area (Å²) in [7, 11) is 3.52. The van der Waals surface area contributed by atoms with Crippen LogP contribution in [0.4, 0.5) is 4.79 Å². The molecule has 6 heteroatoms. The van der Waals surface area contributed by atoms with E-state index in [1.165, 1.54) is 0 Å². The number of nitrogens with one attached hydrogen (secondary N) is 1. The van der Waals surface area contributed by atoms with Gasteiger partial charge in [-0.1, -0.05) is 0 Å². The summed E-state index contributed by atoms with van der Waals surface area (Å²) in [5.41, 5.74) is -0.446. The van der Waals surface area contributed by atoms with Crippen LogP contribution >= 0.6 is 0 Å². The highest BCUT2D eigenvalue weighted by Gasteiger charge is 2.29. The minimum absolute atomic E-state index is 0.0850. The monoisotopic (exact) mass is 313 g/mol. The molecule has 6 nitrogen and oxygen atoms in total. The molecular formula is C16H31N3O3. The molecule has 1 rings (SSSR count). The minimum atomic E-state index is -0.446. The summed E-state index contributed by atoms with van der Waals surface area (Å²) < 4.78 is 5.39. The van der Waals surface area contributed by atoms with Gasteiger partial charge in [-0.3, -0.25) is 4.79 Å². The number of carbonyl (C=O) groups is 2. The van der Waals surface area contributed by atoms with E-state index in [1.807, 2.05) is 27.7 Å². The molecule has 2 atom stereocenters. The van der Waals surface area contributed by atoms with E-state index < -0.39 is 5.60 Å². The second-order valence-corrected chi connectivity index (χ2v) is 7.28. The van der Waals surface area contributed by atoms with Gasteiger partial charge in [-0.05, 0) is 53.0 Å². The second kappa shape index (κ2) is 7.81. The maximum atomic E-state index is 12.0. The van der Waals surface area contributed by atoms with Crippen molar-refractivity contribution in [1.29, 1.82) is 0 Å². The van der Waals surface area contributed by atoms with Gasteiger partial charge in [0, 0.05) is 27.2 Å². The maximum absolute atomic E-state index is 12.0. The molecule has 0 spiro atoms. The van der Waals surface area contributed by atoms with E-state index >= 15 is 0 Å². The highest BCUT2D eigenvalue weighted by molar-refractivity contribution is 5.80. The average Bonchev–Trinajstić information content (AvgIpc) is 2.84. The third-order valence-corrected chi connectivity index (χ3v) is 3.75. The third kappa shape index (κ3) is 6.22. The molecule has 1 aliphatic heterocycles. The van der Waals surface area contributed by atoms with Crippen LogP contribution in [0.15, 0.2) is 0 Å². The molecule has 0 radical (unpaired) electrons. The summed E-state index contributed by atoms with van der Waals surface area (Å²) in [4.78, 5) is 27.1. The molecular weight excluding hydrogens is 282 g/mol. The predicted octanol–water partition coefficient (Wildman–Crippen LogP) is 1.70. The molecule has 22 heavy (non-hydrogen) atoms. The molecule has 0 aromatic heterocycles. The molecule has 2 amide bonds. The Hall–Kier alpha value is -1.30. The molecule has 0 bridgehead atoms.